The van der Waals surface area contributed by atoms with E-state index in [2.05, 4.69) is 27.0 Å². The Balaban J connectivity index is 1.99. The van der Waals surface area contributed by atoms with E-state index in [1.54, 1.807) is 6.92 Å². The smallest absolute Gasteiger partial charge is 0.349 e. The Bertz CT molecular complexity index is 664. The maximum atomic E-state index is 11.6. The van der Waals surface area contributed by atoms with Gasteiger partial charge < -0.3 is 4.90 Å². The van der Waals surface area contributed by atoms with Crippen LogP contribution in [0.1, 0.15) is 19.2 Å². The summed E-state index contributed by atoms with van der Waals surface area (Å²) in [7, 11) is 0. The maximum absolute atomic E-state index is 11.6. The summed E-state index contributed by atoms with van der Waals surface area (Å²) in [4.78, 5) is 18.2. The van der Waals surface area contributed by atoms with Crippen LogP contribution in [0.3, 0.4) is 0 Å². The average molecular weight is 282 g/mol. The number of aryl methyl sites for hydroxylation is 1. The molecule has 2 atom stereocenters. The van der Waals surface area contributed by atoms with Crippen LogP contribution in [0.15, 0.2) is 10.9 Å². The maximum Gasteiger partial charge on any atom is 0.349 e. The lowest BCUT2D eigenvalue weighted by Gasteiger charge is -2.34. The van der Waals surface area contributed by atoms with Crippen LogP contribution < -0.4 is 10.6 Å². The van der Waals surface area contributed by atoms with Crippen LogP contribution >= 0.6 is 11.6 Å². The molecule has 2 aromatic rings. The number of aromatic amines is 1. The Labute approximate surface area is 115 Å². The SMILES string of the molecule is Cc1nc(N2CCC(C)C(Cl)C2)cc2n[nH]c(=O)n12. The molecule has 3 heterocycles. The normalized spacial score (nSPS) is 24.1. The molecule has 1 aliphatic heterocycles. The number of halogens is 1. The molecule has 7 heteroatoms. The number of alkyl halides is 1. The van der Waals surface area contributed by atoms with Crippen molar-refractivity contribution in [1.82, 2.24) is 19.6 Å². The van der Waals surface area contributed by atoms with Crippen LogP contribution in [-0.2, 0) is 0 Å². The van der Waals surface area contributed by atoms with Crippen molar-refractivity contribution < 1.29 is 0 Å². The molecule has 0 aromatic carbocycles. The summed E-state index contributed by atoms with van der Waals surface area (Å²) in [5.74, 6) is 1.99. The number of hydrogen-bond donors (Lipinski definition) is 1. The second kappa shape index (κ2) is 4.52. The molecule has 0 aliphatic carbocycles. The highest BCUT2D eigenvalue weighted by atomic mass is 35.5. The van der Waals surface area contributed by atoms with Crippen molar-refractivity contribution in [2.75, 3.05) is 18.0 Å². The third kappa shape index (κ3) is 2.10. The lowest BCUT2D eigenvalue weighted by Crippen LogP contribution is -2.41. The Kier molecular flexibility index (Phi) is 2.97. The highest BCUT2D eigenvalue weighted by molar-refractivity contribution is 6.21. The van der Waals surface area contributed by atoms with Gasteiger partial charge in [-0.3, -0.25) is 0 Å². The van der Waals surface area contributed by atoms with Crippen molar-refractivity contribution >= 4 is 23.1 Å². The van der Waals surface area contributed by atoms with Gasteiger partial charge in [-0.1, -0.05) is 6.92 Å². The van der Waals surface area contributed by atoms with E-state index in [0.29, 0.717) is 17.4 Å². The first-order chi connectivity index (χ1) is 9.06. The van der Waals surface area contributed by atoms with Crippen molar-refractivity contribution in [1.29, 1.82) is 0 Å². The van der Waals surface area contributed by atoms with Crippen molar-refractivity contribution in [2.24, 2.45) is 5.92 Å². The number of nitrogens with zero attached hydrogens (tertiary/aromatic N) is 4. The first kappa shape index (κ1) is 12.5. The van der Waals surface area contributed by atoms with E-state index in [-0.39, 0.29) is 11.1 Å². The number of H-pyrrole nitrogens is 1. The van der Waals surface area contributed by atoms with E-state index in [1.807, 2.05) is 6.07 Å². The van der Waals surface area contributed by atoms with E-state index < -0.39 is 0 Å². The van der Waals surface area contributed by atoms with Gasteiger partial charge in [0.25, 0.3) is 0 Å². The summed E-state index contributed by atoms with van der Waals surface area (Å²) >= 11 is 6.33. The third-order valence-electron chi connectivity index (χ3n) is 3.75. The Morgan fingerprint density at radius 1 is 1.53 bits per heavy atom. The molecule has 0 saturated carbocycles. The molecule has 2 aromatic heterocycles. The van der Waals surface area contributed by atoms with E-state index in [4.69, 9.17) is 11.6 Å². The minimum absolute atomic E-state index is 0.133. The molecule has 102 valence electrons. The molecule has 0 bridgehead atoms. The van der Waals surface area contributed by atoms with Gasteiger partial charge in [-0.2, -0.15) is 5.10 Å². The molecule has 1 saturated heterocycles. The van der Waals surface area contributed by atoms with Crippen molar-refractivity contribution in [3.05, 3.63) is 22.4 Å². The summed E-state index contributed by atoms with van der Waals surface area (Å²) in [5, 5.41) is 6.56. The number of hydrogen-bond acceptors (Lipinski definition) is 4. The number of nitrogens with one attached hydrogen (secondary N) is 1. The molecule has 1 aliphatic rings. The fraction of sp³-hybridized carbons (Fsp3) is 0.583. The van der Waals surface area contributed by atoms with Crippen molar-refractivity contribution in [3.8, 4) is 0 Å². The predicted octanol–water partition coefficient (Wildman–Crippen LogP) is 1.18. The summed E-state index contributed by atoms with van der Waals surface area (Å²) in [6.07, 6.45) is 1.05. The van der Waals surface area contributed by atoms with Gasteiger partial charge in [-0.15, -0.1) is 11.6 Å². The molecule has 3 rings (SSSR count). The summed E-state index contributed by atoms with van der Waals surface area (Å²) in [6.45, 7) is 5.68. The first-order valence-corrected chi connectivity index (χ1v) is 6.83. The average Bonchev–Trinajstić information content (AvgIpc) is 2.75. The summed E-state index contributed by atoms with van der Waals surface area (Å²) < 4.78 is 1.47. The Morgan fingerprint density at radius 3 is 3.05 bits per heavy atom. The van der Waals surface area contributed by atoms with Gasteiger partial charge in [0.2, 0.25) is 0 Å². The van der Waals surface area contributed by atoms with Crippen LogP contribution in [0.2, 0.25) is 0 Å². The van der Waals surface area contributed by atoms with Gasteiger partial charge in [0.15, 0.2) is 5.65 Å². The highest BCUT2D eigenvalue weighted by Crippen LogP contribution is 2.25. The standard InChI is InChI=1S/C12H16ClN5O/c1-7-3-4-17(6-9(7)13)10-5-11-15-16-12(19)18(11)8(2)14-10/h5,7,9H,3-4,6H2,1-2H3,(H,16,19). The molecule has 1 fully saturated rings. The van der Waals surface area contributed by atoms with E-state index in [0.717, 1.165) is 25.3 Å². The zero-order valence-corrected chi connectivity index (χ0v) is 11.7. The lowest BCUT2D eigenvalue weighted by molar-refractivity contribution is 0.443. The molecular weight excluding hydrogens is 266 g/mol. The topological polar surface area (TPSA) is 66.3 Å². The van der Waals surface area contributed by atoms with Crippen molar-refractivity contribution in [3.63, 3.8) is 0 Å². The number of piperidine rings is 1. The molecule has 19 heavy (non-hydrogen) atoms. The zero-order valence-electron chi connectivity index (χ0n) is 10.9. The lowest BCUT2D eigenvalue weighted by atomic mass is 9.99. The minimum atomic E-state index is -0.256. The number of anilines is 1. The first-order valence-electron chi connectivity index (χ1n) is 6.40. The zero-order chi connectivity index (χ0) is 13.6. The molecule has 6 nitrogen and oxygen atoms in total. The van der Waals surface area contributed by atoms with Gasteiger partial charge in [-0.25, -0.2) is 19.3 Å². The fourth-order valence-corrected chi connectivity index (χ4v) is 2.77. The van der Waals surface area contributed by atoms with Gasteiger partial charge >= 0.3 is 5.69 Å². The van der Waals surface area contributed by atoms with Crippen LogP contribution in [0.25, 0.3) is 5.65 Å². The van der Waals surface area contributed by atoms with Crippen LogP contribution in [0.4, 0.5) is 5.82 Å². The van der Waals surface area contributed by atoms with Crippen LogP contribution in [0, 0.1) is 12.8 Å². The largest absolute Gasteiger partial charge is 0.355 e. The van der Waals surface area contributed by atoms with E-state index >= 15 is 0 Å². The Morgan fingerprint density at radius 2 is 2.32 bits per heavy atom. The van der Waals surface area contributed by atoms with Crippen LogP contribution in [-0.4, -0.2) is 38.0 Å². The van der Waals surface area contributed by atoms with Gasteiger partial charge in [0, 0.05) is 19.2 Å². The van der Waals surface area contributed by atoms with E-state index in [1.165, 1.54) is 4.40 Å². The van der Waals surface area contributed by atoms with Gasteiger partial charge in [0.05, 0.1) is 5.38 Å². The quantitative estimate of drug-likeness (QED) is 0.797. The van der Waals surface area contributed by atoms with Gasteiger partial charge in [0.1, 0.15) is 11.6 Å². The Hall–Kier alpha value is -1.56. The third-order valence-corrected chi connectivity index (χ3v) is 4.32. The second-order valence-electron chi connectivity index (χ2n) is 5.11. The highest BCUT2D eigenvalue weighted by Gasteiger charge is 2.25. The molecule has 0 spiro atoms. The molecular formula is C12H16ClN5O. The summed E-state index contributed by atoms with van der Waals surface area (Å²) in [6, 6.07) is 1.82. The molecule has 0 amide bonds. The monoisotopic (exact) mass is 281 g/mol. The van der Waals surface area contributed by atoms with Crippen molar-refractivity contribution in [2.45, 2.75) is 25.6 Å². The number of rotatable bonds is 1. The minimum Gasteiger partial charge on any atom is -0.355 e. The summed E-state index contributed by atoms with van der Waals surface area (Å²) in [5.41, 5.74) is 0.339. The van der Waals surface area contributed by atoms with E-state index in [9.17, 15) is 4.79 Å². The van der Waals surface area contributed by atoms with Gasteiger partial charge in [-0.05, 0) is 19.3 Å². The van der Waals surface area contributed by atoms with Crippen LogP contribution in [0.5, 0.6) is 0 Å². The fourth-order valence-electron chi connectivity index (χ4n) is 2.47. The molecule has 0 radical (unpaired) electrons. The predicted molar refractivity (Wildman–Crippen MR) is 74.0 cm³/mol. The molecule has 2 unspecified atom stereocenters. The molecule has 1 N–H and O–H groups in total. The number of fused-ring (bicyclic) bond motifs is 1. The second-order valence-corrected chi connectivity index (χ2v) is 5.67. The number of aromatic nitrogens is 4.